The largest absolute Gasteiger partial charge is 1.00 e. The van der Waals surface area contributed by atoms with Crippen LogP contribution in [0.15, 0.2) is 0 Å². The van der Waals surface area contributed by atoms with E-state index in [-0.39, 0.29) is 95.0 Å². The molecule has 0 aromatic carbocycles. The minimum atomic E-state index is -5.60. The summed E-state index contributed by atoms with van der Waals surface area (Å²) in [6.07, 6.45) is -19.0. The molecule has 0 saturated carbocycles. The molecule has 0 aromatic heterocycles. The molecule has 2 heterocycles. The molecular formula is C12H15Na3O17S2. The molecule has 2 fully saturated rings. The maximum atomic E-state index is 11.1. The average Bonchev–Trinajstić information content (AvgIpc) is 2.92. The summed E-state index contributed by atoms with van der Waals surface area (Å²) >= 11 is 0. The first kappa shape index (κ1) is 37.8. The summed E-state index contributed by atoms with van der Waals surface area (Å²) in [4.78, 5) is 22.1. The van der Waals surface area contributed by atoms with E-state index in [4.69, 9.17) is 14.2 Å². The van der Waals surface area contributed by atoms with E-state index in [1.807, 2.05) is 0 Å². The Morgan fingerprint density at radius 3 is 1.91 bits per heavy atom. The molecule has 0 spiro atoms. The van der Waals surface area contributed by atoms with Crippen LogP contribution in [0.5, 0.6) is 0 Å². The smallest absolute Gasteiger partial charge is 0.726 e. The van der Waals surface area contributed by atoms with Crippen molar-refractivity contribution >= 4 is 33.1 Å². The van der Waals surface area contributed by atoms with Crippen LogP contribution in [-0.4, -0.2) is 115 Å². The predicted molar refractivity (Wildman–Crippen MR) is 81.5 cm³/mol. The third-order valence-electron chi connectivity index (χ3n) is 4.18. The SMILES string of the molecule is O=C[C@H]1O[C@H](COS(=O)(=O)[O-])C(OC2OC(C(=O)[O-])C(O)C(O)C2OS(=O)(=O)[O-])[C@H]1O.[Na+].[Na+].[Na+]. The number of aldehydes is 1. The maximum absolute atomic E-state index is 11.1. The second kappa shape index (κ2) is 15.3. The number of carbonyl (C=O) groups excluding carboxylic acids is 2. The zero-order chi connectivity index (χ0) is 23.7. The number of ether oxygens (including phenoxy) is 3. The van der Waals surface area contributed by atoms with Crippen LogP contribution in [0, 0.1) is 0 Å². The first-order valence-electron chi connectivity index (χ1n) is 8.05. The normalized spacial score (nSPS) is 35.9. The van der Waals surface area contributed by atoms with E-state index in [9.17, 15) is 56.0 Å². The van der Waals surface area contributed by atoms with Crippen molar-refractivity contribution in [3.63, 3.8) is 0 Å². The number of aliphatic hydroxyl groups is 3. The summed E-state index contributed by atoms with van der Waals surface area (Å²) < 4.78 is 87.5. The number of aliphatic hydroxyl groups excluding tert-OH is 3. The Morgan fingerprint density at radius 1 is 0.912 bits per heavy atom. The number of hydrogen-bond donors (Lipinski definition) is 3. The van der Waals surface area contributed by atoms with E-state index >= 15 is 0 Å². The van der Waals surface area contributed by atoms with Crippen LogP contribution < -0.4 is 93.8 Å². The van der Waals surface area contributed by atoms with Crippen molar-refractivity contribution < 1.29 is 167 Å². The van der Waals surface area contributed by atoms with Gasteiger partial charge in [-0.15, -0.1) is 0 Å². The van der Waals surface area contributed by atoms with Gasteiger partial charge < -0.3 is 53.3 Å². The van der Waals surface area contributed by atoms with Crippen LogP contribution in [0.2, 0.25) is 0 Å². The van der Waals surface area contributed by atoms with E-state index < -0.39 is 88.5 Å². The van der Waals surface area contributed by atoms with Gasteiger partial charge in [0.15, 0.2) is 18.7 Å². The number of carbonyl (C=O) groups is 2. The first-order chi connectivity index (χ1) is 14.1. The number of hydrogen-bond acceptors (Lipinski definition) is 17. The number of rotatable bonds is 9. The summed E-state index contributed by atoms with van der Waals surface area (Å²) in [5.74, 6) is -2.10. The average molecular weight is 564 g/mol. The van der Waals surface area contributed by atoms with E-state index in [0.29, 0.717) is 0 Å². The van der Waals surface area contributed by atoms with Gasteiger partial charge in [0.05, 0.1) is 12.6 Å². The zero-order valence-electron chi connectivity index (χ0n) is 17.9. The van der Waals surface area contributed by atoms with Crippen molar-refractivity contribution in [3.8, 4) is 0 Å². The van der Waals surface area contributed by atoms with Crippen LogP contribution in [0.1, 0.15) is 0 Å². The quantitative estimate of drug-likeness (QED) is 0.101. The summed E-state index contributed by atoms with van der Waals surface area (Å²) in [7, 11) is -10.9. The number of aliphatic carboxylic acids is 1. The molecule has 0 aromatic rings. The van der Waals surface area contributed by atoms with Gasteiger partial charge in [0.1, 0.15) is 42.7 Å². The molecule has 9 atom stereocenters. The van der Waals surface area contributed by atoms with Crippen molar-refractivity contribution in [2.75, 3.05) is 6.61 Å². The standard InChI is InChI=1S/C12H18O17S2.3Na/c13-1-3-5(14)8(4(26-3)2-25-30(19,20)21)27-12-10(29-31(22,23)24)7(16)6(15)9(28-12)11(17)18;;;/h1,3-10,12,14-16H,2H2,(H,17,18)(H,19,20,21)(H,22,23,24);;;/q;3*+1/p-3/t3-,4-,5+,6?,7?,8?,9?,10?,12?;;;/m1.../s1. The third kappa shape index (κ3) is 10.4. The molecule has 34 heavy (non-hydrogen) atoms. The molecular weight excluding hydrogens is 549 g/mol. The minimum absolute atomic E-state index is 0. The number of carboxylic acids is 1. The molecule has 0 aliphatic carbocycles. The second-order valence-electron chi connectivity index (χ2n) is 6.25. The van der Waals surface area contributed by atoms with Gasteiger partial charge in [0.2, 0.25) is 20.8 Å². The van der Waals surface area contributed by atoms with Crippen molar-refractivity contribution in [2.24, 2.45) is 0 Å². The molecule has 0 amide bonds. The Bertz CT molecular complexity index is 884. The third-order valence-corrected chi connectivity index (χ3v) is 5.06. The molecule has 0 radical (unpaired) electrons. The van der Waals surface area contributed by atoms with Gasteiger partial charge in [0, 0.05) is 0 Å². The van der Waals surface area contributed by atoms with Gasteiger partial charge in [-0.1, -0.05) is 0 Å². The molecule has 2 saturated heterocycles. The fourth-order valence-corrected chi connectivity index (χ4v) is 3.64. The van der Waals surface area contributed by atoms with Crippen LogP contribution in [0.4, 0.5) is 0 Å². The van der Waals surface area contributed by atoms with E-state index in [1.54, 1.807) is 0 Å². The molecule has 2 aliphatic heterocycles. The van der Waals surface area contributed by atoms with Gasteiger partial charge >= 0.3 is 88.7 Å². The minimum Gasteiger partial charge on any atom is -0.726 e. The Morgan fingerprint density at radius 2 is 1.47 bits per heavy atom. The molecule has 0 bridgehead atoms. The van der Waals surface area contributed by atoms with Gasteiger partial charge in [-0.2, -0.15) is 0 Å². The van der Waals surface area contributed by atoms with E-state index in [1.165, 1.54) is 0 Å². The molecule has 17 nitrogen and oxygen atoms in total. The Labute approximate surface area is 259 Å². The topological polar surface area (TPSA) is 278 Å². The summed E-state index contributed by atoms with van der Waals surface area (Å²) in [6.45, 7) is -1.12. The number of carboxylic acid groups (broad SMARTS) is 1. The van der Waals surface area contributed by atoms with Crippen molar-refractivity contribution in [3.05, 3.63) is 0 Å². The van der Waals surface area contributed by atoms with Crippen LogP contribution >= 0.6 is 0 Å². The zero-order valence-corrected chi connectivity index (χ0v) is 25.5. The molecule has 2 aliphatic rings. The Kier molecular flexibility index (Phi) is 17.0. The Hall–Kier alpha value is 1.64. The monoisotopic (exact) mass is 564 g/mol. The predicted octanol–water partition coefficient (Wildman–Crippen LogP) is -15.8. The molecule has 180 valence electrons. The van der Waals surface area contributed by atoms with Crippen LogP contribution in [-0.2, 0) is 53.0 Å². The van der Waals surface area contributed by atoms with Gasteiger partial charge in [-0.3, -0.25) is 8.37 Å². The molecule has 2 rings (SSSR count). The van der Waals surface area contributed by atoms with Crippen LogP contribution in [0.25, 0.3) is 0 Å². The first-order valence-corrected chi connectivity index (χ1v) is 10.7. The summed E-state index contributed by atoms with van der Waals surface area (Å²) in [5, 5.41) is 40.9. The van der Waals surface area contributed by atoms with Crippen molar-refractivity contribution in [2.45, 2.75) is 55.1 Å². The molecule has 22 heteroatoms. The second-order valence-corrected chi connectivity index (χ2v) is 8.31. The maximum Gasteiger partial charge on any atom is 1.00 e. The fraction of sp³-hybridized carbons (Fsp3) is 0.833. The fourth-order valence-electron chi connectivity index (χ4n) is 2.87. The summed E-state index contributed by atoms with van der Waals surface area (Å²) in [6, 6.07) is 0. The van der Waals surface area contributed by atoms with E-state index in [2.05, 4.69) is 8.37 Å². The van der Waals surface area contributed by atoms with Gasteiger partial charge in [-0.05, 0) is 0 Å². The molecule has 3 N–H and O–H groups in total. The van der Waals surface area contributed by atoms with Crippen molar-refractivity contribution in [1.82, 2.24) is 0 Å². The summed E-state index contributed by atoms with van der Waals surface area (Å²) in [5.41, 5.74) is 0. The van der Waals surface area contributed by atoms with E-state index in [0.717, 1.165) is 0 Å². The molecule has 6 unspecified atom stereocenters. The van der Waals surface area contributed by atoms with Gasteiger partial charge in [-0.25, -0.2) is 16.8 Å². The Balaban J connectivity index is 0. The van der Waals surface area contributed by atoms with Gasteiger partial charge in [0.25, 0.3) is 0 Å². The van der Waals surface area contributed by atoms with Crippen molar-refractivity contribution in [1.29, 1.82) is 0 Å². The van der Waals surface area contributed by atoms with Crippen LogP contribution in [0.3, 0.4) is 0 Å².